The standard InChI is InChI=1S/C26H32BrN5O2/c1-17(2)31(25(34)28-20-13-9-8-12-19(20)27)16-24(33)29-23-15-22(26(4,5)6)30-32(23)21-14-10-7-11-18(21)3/h7-15,17H,16H2,1-6H3,(H,28,34)(H,29,33). The number of aromatic nitrogens is 2. The Morgan fingerprint density at radius 3 is 2.32 bits per heavy atom. The molecule has 2 N–H and O–H groups in total. The van der Waals surface area contributed by atoms with Gasteiger partial charge in [-0.25, -0.2) is 9.48 Å². The Morgan fingerprint density at radius 1 is 1.06 bits per heavy atom. The Bertz CT molecular complexity index is 1180. The van der Waals surface area contributed by atoms with E-state index < -0.39 is 0 Å². The van der Waals surface area contributed by atoms with Crippen molar-refractivity contribution in [1.29, 1.82) is 0 Å². The molecule has 8 heteroatoms. The summed E-state index contributed by atoms with van der Waals surface area (Å²) in [6, 6.07) is 16.6. The molecule has 2 aromatic carbocycles. The molecule has 1 aromatic heterocycles. The van der Waals surface area contributed by atoms with E-state index in [1.165, 1.54) is 4.90 Å². The lowest BCUT2D eigenvalue weighted by Gasteiger charge is -2.26. The smallest absolute Gasteiger partial charge is 0.313 e. The molecule has 1 heterocycles. The average molecular weight is 526 g/mol. The molecule has 0 bridgehead atoms. The number of amides is 3. The van der Waals surface area contributed by atoms with Crippen LogP contribution in [0.3, 0.4) is 0 Å². The molecule has 3 rings (SSSR count). The fourth-order valence-electron chi connectivity index (χ4n) is 3.40. The fraction of sp³-hybridized carbons (Fsp3) is 0.346. The van der Waals surface area contributed by atoms with Crippen LogP contribution in [0.5, 0.6) is 0 Å². The second kappa shape index (κ2) is 10.4. The van der Waals surface area contributed by atoms with Crippen molar-refractivity contribution >= 4 is 39.4 Å². The zero-order chi connectivity index (χ0) is 25.0. The number of benzene rings is 2. The van der Waals surface area contributed by atoms with Gasteiger partial charge in [0.1, 0.15) is 12.4 Å². The van der Waals surface area contributed by atoms with Gasteiger partial charge in [0.2, 0.25) is 5.91 Å². The summed E-state index contributed by atoms with van der Waals surface area (Å²) in [5, 5.41) is 10.6. The van der Waals surface area contributed by atoms with Gasteiger partial charge in [0.15, 0.2) is 0 Å². The van der Waals surface area contributed by atoms with E-state index in [1.807, 2.05) is 69.3 Å². The highest BCUT2D eigenvalue weighted by Crippen LogP contribution is 2.27. The predicted octanol–water partition coefficient (Wildman–Crippen LogP) is 6.12. The molecule has 3 aromatic rings. The van der Waals surface area contributed by atoms with Crippen LogP contribution in [0.2, 0.25) is 0 Å². The molecule has 0 atom stereocenters. The van der Waals surface area contributed by atoms with Gasteiger partial charge in [-0.1, -0.05) is 51.1 Å². The molecule has 34 heavy (non-hydrogen) atoms. The van der Waals surface area contributed by atoms with Gasteiger partial charge >= 0.3 is 6.03 Å². The summed E-state index contributed by atoms with van der Waals surface area (Å²) in [7, 11) is 0. The maximum atomic E-state index is 13.1. The third kappa shape index (κ3) is 6.05. The number of carbonyl (C=O) groups excluding carboxylic acids is 2. The molecule has 0 spiro atoms. The monoisotopic (exact) mass is 525 g/mol. The molecule has 0 unspecified atom stereocenters. The van der Waals surface area contributed by atoms with Gasteiger partial charge in [0.25, 0.3) is 0 Å². The maximum Gasteiger partial charge on any atom is 0.322 e. The van der Waals surface area contributed by atoms with Gasteiger partial charge in [0.05, 0.1) is 17.1 Å². The quantitative estimate of drug-likeness (QED) is 0.406. The number of anilines is 2. The SMILES string of the molecule is Cc1ccccc1-n1nc(C(C)(C)C)cc1NC(=O)CN(C(=O)Nc1ccccc1Br)C(C)C. The van der Waals surface area contributed by atoms with Crippen molar-refractivity contribution in [2.75, 3.05) is 17.2 Å². The number of hydrogen-bond donors (Lipinski definition) is 2. The summed E-state index contributed by atoms with van der Waals surface area (Å²) in [6.45, 7) is 11.9. The lowest BCUT2D eigenvalue weighted by Crippen LogP contribution is -2.44. The largest absolute Gasteiger partial charge is 0.322 e. The minimum atomic E-state index is -0.347. The van der Waals surface area contributed by atoms with Crippen LogP contribution in [0.1, 0.15) is 45.9 Å². The third-order valence-electron chi connectivity index (χ3n) is 5.40. The minimum absolute atomic E-state index is 0.0994. The molecule has 0 radical (unpaired) electrons. The van der Waals surface area contributed by atoms with Crippen molar-refractivity contribution in [2.45, 2.75) is 53.0 Å². The summed E-state index contributed by atoms with van der Waals surface area (Å²) in [4.78, 5) is 27.5. The van der Waals surface area contributed by atoms with Crippen molar-refractivity contribution in [3.63, 3.8) is 0 Å². The summed E-state index contributed by atoms with van der Waals surface area (Å²) >= 11 is 3.44. The number of carbonyl (C=O) groups is 2. The van der Waals surface area contributed by atoms with E-state index in [9.17, 15) is 9.59 Å². The van der Waals surface area contributed by atoms with Gasteiger partial charge in [0, 0.05) is 22.0 Å². The molecule has 0 aliphatic rings. The summed E-state index contributed by atoms with van der Waals surface area (Å²) in [5.74, 6) is 0.269. The van der Waals surface area contributed by atoms with E-state index in [0.717, 1.165) is 21.4 Å². The molecule has 0 saturated heterocycles. The van der Waals surface area contributed by atoms with Crippen LogP contribution in [-0.2, 0) is 10.2 Å². The predicted molar refractivity (Wildman–Crippen MR) is 141 cm³/mol. The first-order valence-electron chi connectivity index (χ1n) is 11.3. The number of urea groups is 1. The van der Waals surface area contributed by atoms with Crippen LogP contribution >= 0.6 is 15.9 Å². The molecule has 3 amide bonds. The van der Waals surface area contributed by atoms with Crippen molar-refractivity contribution in [2.24, 2.45) is 0 Å². The van der Waals surface area contributed by atoms with E-state index in [2.05, 4.69) is 47.3 Å². The zero-order valence-corrected chi connectivity index (χ0v) is 22.1. The van der Waals surface area contributed by atoms with Crippen molar-refractivity contribution in [3.8, 4) is 5.69 Å². The molecular weight excluding hydrogens is 494 g/mol. The van der Waals surface area contributed by atoms with E-state index in [-0.39, 0.29) is 29.9 Å². The fourth-order valence-corrected chi connectivity index (χ4v) is 3.78. The molecule has 0 saturated carbocycles. The Morgan fingerprint density at radius 2 is 1.71 bits per heavy atom. The number of halogens is 1. The lowest BCUT2D eigenvalue weighted by atomic mass is 9.92. The van der Waals surface area contributed by atoms with Gasteiger partial charge in [-0.15, -0.1) is 0 Å². The number of hydrogen-bond acceptors (Lipinski definition) is 3. The molecule has 0 aliphatic heterocycles. The highest BCUT2D eigenvalue weighted by molar-refractivity contribution is 9.10. The van der Waals surface area contributed by atoms with Gasteiger partial charge in [-0.05, 0) is 60.5 Å². The van der Waals surface area contributed by atoms with Crippen LogP contribution in [0.4, 0.5) is 16.3 Å². The van der Waals surface area contributed by atoms with E-state index in [4.69, 9.17) is 5.10 Å². The van der Waals surface area contributed by atoms with E-state index >= 15 is 0 Å². The van der Waals surface area contributed by atoms with Gasteiger partial charge in [-0.2, -0.15) is 5.10 Å². The lowest BCUT2D eigenvalue weighted by molar-refractivity contribution is -0.117. The number of nitrogens with one attached hydrogen (secondary N) is 2. The van der Waals surface area contributed by atoms with Crippen LogP contribution < -0.4 is 10.6 Å². The summed E-state index contributed by atoms with van der Waals surface area (Å²) < 4.78 is 2.53. The normalized spacial score (nSPS) is 11.4. The molecule has 7 nitrogen and oxygen atoms in total. The number of nitrogens with zero attached hydrogens (tertiary/aromatic N) is 3. The maximum absolute atomic E-state index is 13.1. The highest BCUT2D eigenvalue weighted by atomic mass is 79.9. The van der Waals surface area contributed by atoms with Crippen LogP contribution in [0.15, 0.2) is 59.1 Å². The highest BCUT2D eigenvalue weighted by Gasteiger charge is 2.24. The minimum Gasteiger partial charge on any atom is -0.313 e. The van der Waals surface area contributed by atoms with Crippen LogP contribution in [0.25, 0.3) is 5.69 Å². The first-order chi connectivity index (χ1) is 16.0. The first kappa shape index (κ1) is 25.5. The van der Waals surface area contributed by atoms with Crippen LogP contribution in [0, 0.1) is 6.92 Å². The molecule has 0 fully saturated rings. The summed E-state index contributed by atoms with van der Waals surface area (Å²) in [5.41, 5.74) is 3.24. The Balaban J connectivity index is 1.83. The van der Waals surface area contributed by atoms with Crippen LogP contribution in [-0.4, -0.2) is 39.2 Å². The van der Waals surface area contributed by atoms with Gasteiger partial charge in [-0.3, -0.25) is 4.79 Å². The first-order valence-corrected chi connectivity index (χ1v) is 12.0. The average Bonchev–Trinajstić information content (AvgIpc) is 3.17. The molecule has 180 valence electrons. The van der Waals surface area contributed by atoms with Crippen molar-refractivity contribution in [1.82, 2.24) is 14.7 Å². The van der Waals surface area contributed by atoms with Crippen molar-refractivity contribution in [3.05, 3.63) is 70.3 Å². The molecule has 0 aliphatic carbocycles. The summed E-state index contributed by atoms with van der Waals surface area (Å²) in [6.07, 6.45) is 0. The third-order valence-corrected chi connectivity index (χ3v) is 6.09. The second-order valence-electron chi connectivity index (χ2n) is 9.54. The second-order valence-corrected chi connectivity index (χ2v) is 10.4. The van der Waals surface area contributed by atoms with E-state index in [1.54, 1.807) is 10.7 Å². The Labute approximate surface area is 209 Å². The van der Waals surface area contributed by atoms with Crippen molar-refractivity contribution < 1.29 is 9.59 Å². The van der Waals surface area contributed by atoms with E-state index in [0.29, 0.717) is 11.5 Å². The topological polar surface area (TPSA) is 79.3 Å². The molecular formula is C26H32BrN5O2. The number of rotatable bonds is 6. The van der Waals surface area contributed by atoms with Gasteiger partial charge < -0.3 is 15.5 Å². The number of aryl methyl sites for hydroxylation is 1. The Hall–Kier alpha value is -3.13. The zero-order valence-electron chi connectivity index (χ0n) is 20.5. The number of para-hydroxylation sites is 2. The Kier molecular flexibility index (Phi) is 7.82.